The van der Waals surface area contributed by atoms with E-state index in [9.17, 15) is 5.11 Å². The number of hydrogen-bond donors (Lipinski definition) is 1. The van der Waals surface area contributed by atoms with E-state index in [1.165, 1.54) is 51.7 Å². The molecule has 0 amide bonds. The number of fused-ring (bicyclic) bond motifs is 2. The minimum absolute atomic E-state index is 0.174. The molecule has 104 valence electrons. The fourth-order valence-electron chi connectivity index (χ4n) is 5.56. The van der Waals surface area contributed by atoms with Crippen LogP contribution in [0.3, 0.4) is 0 Å². The van der Waals surface area contributed by atoms with E-state index in [1.807, 2.05) is 0 Å². The second-order valence-corrected chi connectivity index (χ2v) is 7.82. The van der Waals surface area contributed by atoms with E-state index in [4.69, 9.17) is 0 Å². The zero-order valence-corrected chi connectivity index (χ0v) is 12.3. The summed E-state index contributed by atoms with van der Waals surface area (Å²) in [5.41, 5.74) is 0.0720. The molecule has 0 spiro atoms. The van der Waals surface area contributed by atoms with Crippen molar-refractivity contribution >= 4 is 0 Å². The maximum absolute atomic E-state index is 10.9. The molecule has 2 aliphatic carbocycles. The van der Waals surface area contributed by atoms with Crippen LogP contribution in [-0.4, -0.2) is 35.2 Å². The molecule has 0 aromatic heterocycles. The van der Waals surface area contributed by atoms with Crippen LogP contribution in [0.25, 0.3) is 0 Å². The van der Waals surface area contributed by atoms with E-state index < -0.39 is 5.60 Å². The Balaban J connectivity index is 1.77. The van der Waals surface area contributed by atoms with Crippen LogP contribution in [0.4, 0.5) is 0 Å². The molecule has 3 atom stereocenters. The molecule has 0 aromatic carbocycles. The standard InChI is InChI=1S/C16H29NO/c1-14(2)13-6-7-16(14,15(3,18)12-13)8-11-17-9-4-5-10-17/h13,18H,4-12H2,1-3H3/t13-,15-,16+/m0/s1. The van der Waals surface area contributed by atoms with E-state index in [0.29, 0.717) is 5.41 Å². The van der Waals surface area contributed by atoms with Gasteiger partial charge in [0, 0.05) is 5.41 Å². The van der Waals surface area contributed by atoms with Crippen LogP contribution < -0.4 is 0 Å². The number of aliphatic hydroxyl groups is 1. The Kier molecular flexibility index (Phi) is 2.84. The zero-order valence-electron chi connectivity index (χ0n) is 12.3. The highest BCUT2D eigenvalue weighted by Crippen LogP contribution is 2.71. The van der Waals surface area contributed by atoms with Crippen molar-refractivity contribution in [1.82, 2.24) is 4.90 Å². The number of rotatable bonds is 3. The van der Waals surface area contributed by atoms with Crippen LogP contribution >= 0.6 is 0 Å². The molecule has 3 aliphatic rings. The molecule has 1 saturated heterocycles. The molecule has 1 heterocycles. The quantitative estimate of drug-likeness (QED) is 0.833. The highest BCUT2D eigenvalue weighted by molar-refractivity contribution is 5.18. The Morgan fingerprint density at radius 1 is 1.17 bits per heavy atom. The van der Waals surface area contributed by atoms with Gasteiger partial charge in [0.2, 0.25) is 0 Å². The SMILES string of the molecule is CC1(C)[C@H]2CC[C@]1(CCN1CCCC1)[C@@](C)(O)C2. The van der Waals surface area contributed by atoms with Crippen LogP contribution in [-0.2, 0) is 0 Å². The lowest BCUT2D eigenvalue weighted by atomic mass is 9.61. The van der Waals surface area contributed by atoms with Gasteiger partial charge < -0.3 is 10.0 Å². The monoisotopic (exact) mass is 251 g/mol. The van der Waals surface area contributed by atoms with Crippen molar-refractivity contribution in [2.45, 2.75) is 64.9 Å². The third-order valence-electron chi connectivity index (χ3n) is 6.90. The second kappa shape index (κ2) is 3.96. The van der Waals surface area contributed by atoms with Crippen molar-refractivity contribution in [3.63, 3.8) is 0 Å². The number of hydrogen-bond acceptors (Lipinski definition) is 2. The van der Waals surface area contributed by atoms with E-state index in [0.717, 1.165) is 12.3 Å². The van der Waals surface area contributed by atoms with Gasteiger partial charge in [-0.1, -0.05) is 13.8 Å². The highest BCUT2D eigenvalue weighted by atomic mass is 16.3. The highest BCUT2D eigenvalue weighted by Gasteiger charge is 2.68. The summed E-state index contributed by atoms with van der Waals surface area (Å²) in [7, 11) is 0. The first-order chi connectivity index (χ1) is 8.39. The molecule has 3 rings (SSSR count). The first-order valence-corrected chi connectivity index (χ1v) is 7.84. The predicted octanol–water partition coefficient (Wildman–Crippen LogP) is 3.05. The summed E-state index contributed by atoms with van der Waals surface area (Å²) in [4.78, 5) is 2.60. The molecular weight excluding hydrogens is 222 g/mol. The first kappa shape index (κ1) is 12.9. The average Bonchev–Trinajstić information content (AvgIpc) is 2.89. The fourth-order valence-corrected chi connectivity index (χ4v) is 5.56. The van der Waals surface area contributed by atoms with Gasteiger partial charge in [-0.05, 0) is 76.4 Å². The zero-order chi connectivity index (χ0) is 13.0. The van der Waals surface area contributed by atoms with Gasteiger partial charge in [-0.3, -0.25) is 0 Å². The average molecular weight is 251 g/mol. The van der Waals surface area contributed by atoms with Crippen molar-refractivity contribution in [2.75, 3.05) is 19.6 Å². The maximum atomic E-state index is 10.9. The molecule has 1 N–H and O–H groups in total. The van der Waals surface area contributed by atoms with E-state index in [2.05, 4.69) is 25.7 Å². The minimum atomic E-state index is -0.431. The molecule has 2 heteroatoms. The summed E-state index contributed by atoms with van der Waals surface area (Å²) in [6, 6.07) is 0. The molecule has 2 nitrogen and oxygen atoms in total. The molecule has 3 fully saturated rings. The summed E-state index contributed by atoms with van der Waals surface area (Å²) in [5.74, 6) is 0.742. The minimum Gasteiger partial charge on any atom is -0.390 e. The molecule has 18 heavy (non-hydrogen) atoms. The van der Waals surface area contributed by atoms with Crippen LogP contribution in [0.1, 0.15) is 59.3 Å². The van der Waals surface area contributed by atoms with E-state index in [1.54, 1.807) is 0 Å². The smallest absolute Gasteiger partial charge is 0.0684 e. The topological polar surface area (TPSA) is 23.5 Å². The van der Waals surface area contributed by atoms with Crippen molar-refractivity contribution < 1.29 is 5.11 Å². The lowest BCUT2D eigenvalue weighted by Crippen LogP contribution is -2.48. The lowest BCUT2D eigenvalue weighted by molar-refractivity contribution is -0.0943. The molecule has 0 unspecified atom stereocenters. The van der Waals surface area contributed by atoms with E-state index >= 15 is 0 Å². The Hall–Kier alpha value is -0.0800. The Labute approximate surface area is 112 Å². The van der Waals surface area contributed by atoms with Crippen LogP contribution in [0.5, 0.6) is 0 Å². The summed E-state index contributed by atoms with van der Waals surface area (Å²) < 4.78 is 0. The Morgan fingerprint density at radius 3 is 2.33 bits per heavy atom. The second-order valence-electron chi connectivity index (χ2n) is 7.82. The molecule has 2 saturated carbocycles. The van der Waals surface area contributed by atoms with Crippen molar-refractivity contribution in [3.8, 4) is 0 Å². The van der Waals surface area contributed by atoms with Crippen LogP contribution in [0.15, 0.2) is 0 Å². The van der Waals surface area contributed by atoms with Crippen LogP contribution in [0, 0.1) is 16.7 Å². The number of nitrogens with zero attached hydrogens (tertiary/aromatic N) is 1. The number of likely N-dealkylation sites (tertiary alicyclic amines) is 1. The molecule has 1 aliphatic heterocycles. The van der Waals surface area contributed by atoms with Gasteiger partial charge in [0.1, 0.15) is 0 Å². The van der Waals surface area contributed by atoms with Gasteiger partial charge in [-0.25, -0.2) is 0 Å². The van der Waals surface area contributed by atoms with Crippen molar-refractivity contribution in [2.24, 2.45) is 16.7 Å². The molecular formula is C16H29NO. The fraction of sp³-hybridized carbons (Fsp3) is 1.00. The predicted molar refractivity (Wildman–Crippen MR) is 74.5 cm³/mol. The van der Waals surface area contributed by atoms with E-state index in [-0.39, 0.29) is 5.41 Å². The summed E-state index contributed by atoms with van der Waals surface area (Å²) in [5, 5.41) is 10.9. The Bertz CT molecular complexity index is 330. The maximum Gasteiger partial charge on any atom is 0.0684 e. The van der Waals surface area contributed by atoms with Gasteiger partial charge in [0.25, 0.3) is 0 Å². The molecule has 0 radical (unpaired) electrons. The van der Waals surface area contributed by atoms with Gasteiger partial charge >= 0.3 is 0 Å². The van der Waals surface area contributed by atoms with Gasteiger partial charge in [-0.15, -0.1) is 0 Å². The van der Waals surface area contributed by atoms with Crippen LogP contribution in [0.2, 0.25) is 0 Å². The summed E-state index contributed by atoms with van der Waals surface area (Å²) in [6.07, 6.45) is 7.54. The molecule has 2 bridgehead atoms. The summed E-state index contributed by atoms with van der Waals surface area (Å²) >= 11 is 0. The van der Waals surface area contributed by atoms with Crippen molar-refractivity contribution in [3.05, 3.63) is 0 Å². The first-order valence-electron chi connectivity index (χ1n) is 7.84. The van der Waals surface area contributed by atoms with Gasteiger partial charge in [0.15, 0.2) is 0 Å². The summed E-state index contributed by atoms with van der Waals surface area (Å²) in [6.45, 7) is 10.7. The lowest BCUT2D eigenvalue weighted by Gasteiger charge is -2.47. The Morgan fingerprint density at radius 2 is 1.83 bits per heavy atom. The van der Waals surface area contributed by atoms with Gasteiger partial charge in [-0.2, -0.15) is 0 Å². The van der Waals surface area contributed by atoms with Crippen molar-refractivity contribution in [1.29, 1.82) is 0 Å². The normalized spacial score (nSPS) is 47.0. The third-order valence-corrected chi connectivity index (χ3v) is 6.90. The van der Waals surface area contributed by atoms with Gasteiger partial charge in [0.05, 0.1) is 5.60 Å². The largest absolute Gasteiger partial charge is 0.390 e. The third kappa shape index (κ3) is 1.54. The molecule has 0 aromatic rings.